The maximum atomic E-state index is 5.61. The average Bonchev–Trinajstić information content (AvgIpc) is 2.56. The van der Waals surface area contributed by atoms with Crippen LogP contribution < -0.4 is 11.1 Å². The number of hydrogen-bond donors (Lipinski definition) is 2. The number of rotatable bonds is 3. The minimum Gasteiger partial charge on any atom is -0.388 e. The Labute approximate surface area is 89.9 Å². The van der Waals surface area contributed by atoms with Crippen LogP contribution in [0.2, 0.25) is 0 Å². The third-order valence-electron chi connectivity index (χ3n) is 2.77. The lowest BCUT2D eigenvalue weighted by Gasteiger charge is -2.02. The van der Waals surface area contributed by atoms with E-state index in [4.69, 9.17) is 5.73 Å². The molecule has 0 aliphatic rings. The topological polar surface area (TPSA) is 43.0 Å². The van der Waals surface area contributed by atoms with Gasteiger partial charge in [-0.25, -0.2) is 0 Å². The predicted octanol–water partition coefficient (Wildman–Crippen LogP) is 1.72. The van der Waals surface area contributed by atoms with E-state index in [1.165, 1.54) is 16.5 Å². The van der Waals surface area contributed by atoms with Crippen molar-refractivity contribution >= 4 is 16.6 Å². The minimum absolute atomic E-state index is 0.697. The number of nitrogens with two attached hydrogens (primary N) is 1. The van der Waals surface area contributed by atoms with Crippen molar-refractivity contribution in [3.63, 3.8) is 0 Å². The summed E-state index contributed by atoms with van der Waals surface area (Å²) < 4.78 is 2.15. The summed E-state index contributed by atoms with van der Waals surface area (Å²) in [5.41, 5.74) is 9.34. The number of aryl methyl sites for hydroxylation is 1. The number of nitrogens with one attached hydrogen (secondary N) is 1. The molecule has 0 saturated heterocycles. The number of fused-ring (bicyclic) bond motifs is 1. The molecule has 0 fully saturated rings. The fourth-order valence-corrected chi connectivity index (χ4v) is 1.98. The van der Waals surface area contributed by atoms with Gasteiger partial charge in [-0.1, -0.05) is 0 Å². The predicted molar refractivity (Wildman–Crippen MR) is 65.2 cm³/mol. The highest BCUT2D eigenvalue weighted by Crippen LogP contribution is 2.24. The Morgan fingerprint density at radius 3 is 2.87 bits per heavy atom. The largest absolute Gasteiger partial charge is 0.388 e. The fraction of sp³-hybridized carbons (Fsp3) is 0.333. The summed E-state index contributed by atoms with van der Waals surface area (Å²) in [6.45, 7) is 0.697. The van der Waals surface area contributed by atoms with E-state index in [0.717, 1.165) is 12.1 Å². The van der Waals surface area contributed by atoms with Crippen LogP contribution in [-0.4, -0.2) is 18.2 Å². The smallest absolute Gasteiger partial charge is 0.0482 e. The van der Waals surface area contributed by atoms with E-state index in [-0.39, 0.29) is 0 Å². The summed E-state index contributed by atoms with van der Waals surface area (Å²) >= 11 is 0. The number of aromatic nitrogens is 1. The van der Waals surface area contributed by atoms with E-state index in [1.807, 2.05) is 7.05 Å². The molecule has 2 aromatic rings. The number of nitrogens with zero attached hydrogens (tertiary/aromatic N) is 1. The van der Waals surface area contributed by atoms with Crippen LogP contribution >= 0.6 is 0 Å². The molecule has 3 heteroatoms. The first kappa shape index (κ1) is 10.1. The van der Waals surface area contributed by atoms with Gasteiger partial charge in [-0.15, -0.1) is 0 Å². The molecule has 0 aliphatic carbocycles. The molecule has 0 amide bonds. The summed E-state index contributed by atoms with van der Waals surface area (Å²) in [5.74, 6) is 0. The van der Waals surface area contributed by atoms with Crippen molar-refractivity contribution in [2.75, 3.05) is 18.9 Å². The molecule has 0 atom stereocenters. The maximum Gasteiger partial charge on any atom is 0.0482 e. The van der Waals surface area contributed by atoms with E-state index < -0.39 is 0 Å². The van der Waals surface area contributed by atoms with Crippen LogP contribution in [0.1, 0.15) is 5.56 Å². The van der Waals surface area contributed by atoms with Gasteiger partial charge in [0.1, 0.15) is 0 Å². The van der Waals surface area contributed by atoms with Crippen LogP contribution in [0.15, 0.2) is 24.4 Å². The molecule has 0 aliphatic heterocycles. The molecule has 1 aromatic heterocycles. The van der Waals surface area contributed by atoms with Gasteiger partial charge in [-0.05, 0) is 36.7 Å². The summed E-state index contributed by atoms with van der Waals surface area (Å²) in [6.07, 6.45) is 3.10. The molecule has 0 radical (unpaired) electrons. The Bertz CT molecular complexity index is 471. The summed E-state index contributed by atoms with van der Waals surface area (Å²) in [7, 11) is 4.01. The molecule has 0 saturated carbocycles. The maximum absolute atomic E-state index is 5.61. The Morgan fingerprint density at radius 1 is 1.40 bits per heavy atom. The van der Waals surface area contributed by atoms with Gasteiger partial charge in [-0.2, -0.15) is 0 Å². The lowest BCUT2D eigenvalue weighted by molar-refractivity contribution is 0.929. The zero-order valence-corrected chi connectivity index (χ0v) is 9.25. The molecular weight excluding hydrogens is 186 g/mol. The van der Waals surface area contributed by atoms with Gasteiger partial charge >= 0.3 is 0 Å². The van der Waals surface area contributed by atoms with Gasteiger partial charge in [-0.3, -0.25) is 0 Å². The molecule has 3 nitrogen and oxygen atoms in total. The Morgan fingerprint density at radius 2 is 2.20 bits per heavy atom. The SMILES string of the molecule is CNc1ccc2c(c1)c(CCN)cn2C. The van der Waals surface area contributed by atoms with E-state index in [2.05, 4.69) is 41.3 Å². The lowest BCUT2D eigenvalue weighted by Crippen LogP contribution is -2.02. The minimum atomic E-state index is 0.697. The van der Waals surface area contributed by atoms with Crippen molar-refractivity contribution in [1.29, 1.82) is 0 Å². The van der Waals surface area contributed by atoms with Crippen LogP contribution in [0.25, 0.3) is 10.9 Å². The Kier molecular flexibility index (Phi) is 2.64. The van der Waals surface area contributed by atoms with Crippen LogP contribution in [0.5, 0.6) is 0 Å². The van der Waals surface area contributed by atoms with Crippen molar-refractivity contribution in [2.24, 2.45) is 12.8 Å². The first-order valence-electron chi connectivity index (χ1n) is 5.22. The van der Waals surface area contributed by atoms with Crippen LogP contribution in [0.3, 0.4) is 0 Å². The first-order chi connectivity index (χ1) is 7.26. The third kappa shape index (κ3) is 1.70. The average molecular weight is 203 g/mol. The number of hydrogen-bond acceptors (Lipinski definition) is 2. The molecule has 0 unspecified atom stereocenters. The molecular formula is C12H17N3. The molecule has 2 rings (SSSR count). The molecule has 15 heavy (non-hydrogen) atoms. The zero-order valence-electron chi connectivity index (χ0n) is 9.25. The second kappa shape index (κ2) is 3.95. The highest BCUT2D eigenvalue weighted by Gasteiger charge is 2.05. The highest BCUT2D eigenvalue weighted by atomic mass is 14.9. The lowest BCUT2D eigenvalue weighted by atomic mass is 10.1. The standard InChI is InChI=1S/C12H17N3/c1-14-10-3-4-12-11(7-10)9(5-6-13)8-15(12)2/h3-4,7-8,14H,5-6,13H2,1-2H3. The van der Waals surface area contributed by atoms with Gasteiger partial charge in [0.15, 0.2) is 0 Å². The van der Waals surface area contributed by atoms with Crippen molar-refractivity contribution in [3.8, 4) is 0 Å². The monoisotopic (exact) mass is 203 g/mol. The second-order valence-electron chi connectivity index (χ2n) is 3.79. The number of anilines is 1. The van der Waals surface area contributed by atoms with Gasteiger partial charge in [0.2, 0.25) is 0 Å². The second-order valence-corrected chi connectivity index (χ2v) is 3.79. The Hall–Kier alpha value is -1.48. The van der Waals surface area contributed by atoms with E-state index >= 15 is 0 Å². The third-order valence-corrected chi connectivity index (χ3v) is 2.77. The van der Waals surface area contributed by atoms with E-state index in [1.54, 1.807) is 0 Å². The summed E-state index contributed by atoms with van der Waals surface area (Å²) in [5, 5.41) is 4.46. The van der Waals surface area contributed by atoms with Crippen molar-refractivity contribution in [2.45, 2.75) is 6.42 Å². The Balaban J connectivity index is 2.60. The fourth-order valence-electron chi connectivity index (χ4n) is 1.98. The molecule has 1 heterocycles. The molecule has 3 N–H and O–H groups in total. The van der Waals surface area contributed by atoms with Crippen molar-refractivity contribution in [3.05, 3.63) is 30.0 Å². The van der Waals surface area contributed by atoms with E-state index in [0.29, 0.717) is 6.54 Å². The van der Waals surface area contributed by atoms with Crippen molar-refractivity contribution in [1.82, 2.24) is 4.57 Å². The zero-order chi connectivity index (χ0) is 10.8. The highest BCUT2D eigenvalue weighted by molar-refractivity contribution is 5.87. The van der Waals surface area contributed by atoms with Gasteiger partial charge in [0.05, 0.1) is 0 Å². The van der Waals surface area contributed by atoms with Crippen LogP contribution in [0.4, 0.5) is 5.69 Å². The summed E-state index contributed by atoms with van der Waals surface area (Å²) in [4.78, 5) is 0. The first-order valence-corrected chi connectivity index (χ1v) is 5.22. The number of benzene rings is 1. The van der Waals surface area contributed by atoms with Gasteiger partial charge in [0, 0.05) is 36.9 Å². The van der Waals surface area contributed by atoms with Crippen LogP contribution in [0, 0.1) is 0 Å². The molecule has 1 aromatic carbocycles. The van der Waals surface area contributed by atoms with E-state index in [9.17, 15) is 0 Å². The normalized spacial score (nSPS) is 10.9. The summed E-state index contributed by atoms with van der Waals surface area (Å²) in [6, 6.07) is 6.41. The van der Waals surface area contributed by atoms with Gasteiger partial charge in [0.25, 0.3) is 0 Å². The van der Waals surface area contributed by atoms with Crippen molar-refractivity contribution < 1.29 is 0 Å². The molecule has 80 valence electrons. The molecule has 0 bridgehead atoms. The van der Waals surface area contributed by atoms with Crippen LogP contribution in [-0.2, 0) is 13.5 Å². The quantitative estimate of drug-likeness (QED) is 0.797. The molecule has 0 spiro atoms. The van der Waals surface area contributed by atoms with Gasteiger partial charge < -0.3 is 15.6 Å².